The van der Waals surface area contributed by atoms with Crippen molar-refractivity contribution < 1.29 is 22.7 Å². The Hall–Kier alpha value is -2.86. The third kappa shape index (κ3) is 5.40. The first-order valence-corrected chi connectivity index (χ1v) is 14.7. The number of benzene rings is 2. The molecule has 2 heterocycles. The minimum Gasteiger partial charge on any atom is -0.476 e. The number of carboxylic acid groups (broad SMARTS) is 1. The summed E-state index contributed by atoms with van der Waals surface area (Å²) in [6.45, 7) is 2.02. The highest BCUT2D eigenvalue weighted by atomic mass is 79.9. The first-order valence-electron chi connectivity index (χ1n) is 11.5. The molecule has 0 aliphatic heterocycles. The van der Waals surface area contributed by atoms with Crippen molar-refractivity contribution in [1.29, 1.82) is 0 Å². The molecule has 4 aromatic rings. The van der Waals surface area contributed by atoms with Gasteiger partial charge in [0.1, 0.15) is 15.7 Å². The zero-order chi connectivity index (χ0) is 26.5. The number of aryl methyl sites for hydroxylation is 1. The second-order valence-corrected chi connectivity index (χ2v) is 12.8. The molecular weight excluding hydrogens is 581 g/mol. The maximum absolute atomic E-state index is 14.7. The molecule has 192 valence electrons. The maximum atomic E-state index is 14.7. The van der Waals surface area contributed by atoms with Crippen molar-refractivity contribution in [2.24, 2.45) is 11.1 Å². The summed E-state index contributed by atoms with van der Waals surface area (Å²) < 4.78 is 41.1. The van der Waals surface area contributed by atoms with Crippen molar-refractivity contribution in [3.8, 4) is 21.8 Å². The first kappa shape index (κ1) is 25.8. The van der Waals surface area contributed by atoms with Crippen LogP contribution in [0.25, 0.3) is 21.8 Å². The molecule has 1 aliphatic carbocycles. The van der Waals surface area contributed by atoms with Gasteiger partial charge in [-0.05, 0) is 73.6 Å². The number of hydrogen-bond donors (Lipinski definition) is 2. The van der Waals surface area contributed by atoms with E-state index in [0.29, 0.717) is 21.4 Å². The summed E-state index contributed by atoms with van der Waals surface area (Å²) >= 11 is 4.87. The number of halogens is 2. The molecule has 1 fully saturated rings. The van der Waals surface area contributed by atoms with E-state index in [1.54, 1.807) is 13.0 Å². The zero-order valence-electron chi connectivity index (χ0n) is 19.7. The van der Waals surface area contributed by atoms with Gasteiger partial charge in [-0.1, -0.05) is 34.1 Å². The SMILES string of the molecule is Cc1sc(-c2cc(-c3cccc(Br)c3)n(Cc3ccc(S(N)(=O)=O)c(F)c3)c2CC2CC2)nc1C(=O)O. The van der Waals surface area contributed by atoms with E-state index in [9.17, 15) is 22.7 Å². The van der Waals surface area contributed by atoms with Crippen LogP contribution in [0.3, 0.4) is 0 Å². The van der Waals surface area contributed by atoms with Gasteiger partial charge in [-0.15, -0.1) is 11.3 Å². The van der Waals surface area contributed by atoms with Gasteiger partial charge >= 0.3 is 5.97 Å². The summed E-state index contributed by atoms with van der Waals surface area (Å²) in [5, 5.41) is 15.3. The molecule has 0 bridgehead atoms. The predicted octanol–water partition coefficient (Wildman–Crippen LogP) is 5.84. The Morgan fingerprint density at radius 1 is 1.24 bits per heavy atom. The quantitative estimate of drug-likeness (QED) is 0.263. The first-order chi connectivity index (χ1) is 17.5. The molecule has 3 N–H and O–H groups in total. The molecule has 2 aromatic carbocycles. The molecule has 5 rings (SSSR count). The molecule has 0 unspecified atom stereocenters. The highest BCUT2D eigenvalue weighted by Crippen LogP contribution is 2.41. The van der Waals surface area contributed by atoms with Gasteiger partial charge in [0.05, 0.1) is 0 Å². The lowest BCUT2D eigenvalue weighted by atomic mass is 10.1. The Labute approximate surface area is 226 Å². The van der Waals surface area contributed by atoms with Gasteiger partial charge in [0.15, 0.2) is 5.69 Å². The fourth-order valence-electron chi connectivity index (χ4n) is 4.42. The van der Waals surface area contributed by atoms with Crippen LogP contribution in [0.4, 0.5) is 4.39 Å². The van der Waals surface area contributed by atoms with Crippen molar-refractivity contribution in [2.75, 3.05) is 0 Å². The van der Waals surface area contributed by atoms with Crippen molar-refractivity contribution in [2.45, 2.75) is 37.6 Å². The van der Waals surface area contributed by atoms with Crippen molar-refractivity contribution >= 4 is 43.3 Å². The Balaban J connectivity index is 1.70. The topological polar surface area (TPSA) is 115 Å². The summed E-state index contributed by atoms with van der Waals surface area (Å²) in [6.07, 6.45) is 2.97. The normalized spacial score (nSPS) is 13.7. The Bertz CT molecular complexity index is 1640. The second kappa shape index (κ2) is 9.79. The monoisotopic (exact) mass is 603 g/mol. The van der Waals surface area contributed by atoms with E-state index in [-0.39, 0.29) is 12.2 Å². The number of thiazole rings is 1. The van der Waals surface area contributed by atoms with E-state index >= 15 is 0 Å². The minimum absolute atomic E-state index is 0.0368. The van der Waals surface area contributed by atoms with E-state index in [4.69, 9.17) is 5.14 Å². The summed E-state index contributed by atoms with van der Waals surface area (Å²) in [5.74, 6) is -1.47. The van der Waals surface area contributed by atoms with Crippen LogP contribution in [-0.2, 0) is 23.0 Å². The average molecular weight is 605 g/mol. The van der Waals surface area contributed by atoms with Crippen molar-refractivity contribution in [3.05, 3.63) is 80.6 Å². The molecule has 2 aromatic heterocycles. The number of sulfonamides is 1. The van der Waals surface area contributed by atoms with Crippen LogP contribution >= 0.6 is 27.3 Å². The lowest BCUT2D eigenvalue weighted by Gasteiger charge is -2.16. The third-order valence-electron chi connectivity index (χ3n) is 6.38. The van der Waals surface area contributed by atoms with E-state index in [1.807, 2.05) is 30.3 Å². The smallest absolute Gasteiger partial charge is 0.355 e. The summed E-state index contributed by atoms with van der Waals surface area (Å²) in [6, 6.07) is 13.8. The van der Waals surface area contributed by atoms with Gasteiger partial charge in [0.25, 0.3) is 0 Å². The number of nitrogens with two attached hydrogens (primary N) is 1. The van der Waals surface area contributed by atoms with Crippen LogP contribution in [0.15, 0.2) is 57.9 Å². The van der Waals surface area contributed by atoms with Crippen LogP contribution in [0, 0.1) is 18.7 Å². The van der Waals surface area contributed by atoms with Crippen LogP contribution in [-0.4, -0.2) is 29.0 Å². The summed E-state index contributed by atoms with van der Waals surface area (Å²) in [4.78, 5) is 16.2. The van der Waals surface area contributed by atoms with E-state index in [1.165, 1.54) is 23.5 Å². The highest BCUT2D eigenvalue weighted by molar-refractivity contribution is 9.10. The molecule has 37 heavy (non-hydrogen) atoms. The van der Waals surface area contributed by atoms with Gasteiger partial charge in [0, 0.05) is 32.8 Å². The minimum atomic E-state index is -4.18. The number of carbonyl (C=O) groups is 1. The Kier molecular flexibility index (Phi) is 6.82. The van der Waals surface area contributed by atoms with E-state index in [0.717, 1.165) is 46.2 Å². The van der Waals surface area contributed by atoms with Gasteiger partial charge in [-0.3, -0.25) is 0 Å². The molecule has 0 amide bonds. The zero-order valence-corrected chi connectivity index (χ0v) is 23.0. The molecule has 1 aliphatic rings. The van der Waals surface area contributed by atoms with Crippen molar-refractivity contribution in [1.82, 2.24) is 9.55 Å². The molecular formula is C26H23BrFN3O4S2. The lowest BCUT2D eigenvalue weighted by molar-refractivity contribution is 0.0690. The Morgan fingerprint density at radius 2 is 2.00 bits per heavy atom. The van der Waals surface area contributed by atoms with E-state index in [2.05, 4.69) is 25.5 Å². The summed E-state index contributed by atoms with van der Waals surface area (Å²) in [5.41, 5.74) is 4.23. The van der Waals surface area contributed by atoms with Gasteiger partial charge in [-0.25, -0.2) is 27.7 Å². The molecule has 1 saturated carbocycles. The lowest BCUT2D eigenvalue weighted by Crippen LogP contribution is -2.14. The fraction of sp³-hybridized carbons (Fsp3) is 0.231. The van der Waals surface area contributed by atoms with Crippen LogP contribution in [0.1, 0.15) is 39.5 Å². The number of aromatic carboxylic acids is 1. The van der Waals surface area contributed by atoms with Gasteiger partial charge < -0.3 is 9.67 Å². The van der Waals surface area contributed by atoms with Crippen LogP contribution < -0.4 is 5.14 Å². The van der Waals surface area contributed by atoms with Crippen LogP contribution in [0.5, 0.6) is 0 Å². The number of carboxylic acids is 1. The van der Waals surface area contributed by atoms with Crippen LogP contribution in [0.2, 0.25) is 0 Å². The summed E-state index contributed by atoms with van der Waals surface area (Å²) in [7, 11) is -4.18. The third-order valence-corrected chi connectivity index (χ3v) is 8.82. The number of aromatic nitrogens is 2. The number of nitrogens with zero attached hydrogens (tertiary/aromatic N) is 2. The number of hydrogen-bond acceptors (Lipinski definition) is 5. The second-order valence-electron chi connectivity index (χ2n) is 9.17. The predicted molar refractivity (Wildman–Crippen MR) is 144 cm³/mol. The molecule has 11 heteroatoms. The largest absolute Gasteiger partial charge is 0.476 e. The standard InChI is InChI=1S/C26H23BrFN3O4S2/c1-14-24(26(32)33)30-25(36-14)19-12-21(17-3-2-4-18(27)11-17)31(22(19)10-15-5-6-15)13-16-7-8-23(20(28)9-16)37(29,34)35/h2-4,7-9,11-12,15H,5-6,10,13H2,1H3,(H,32,33)(H2,29,34,35). The van der Waals surface area contributed by atoms with Gasteiger partial charge in [-0.2, -0.15) is 0 Å². The van der Waals surface area contributed by atoms with Gasteiger partial charge in [0.2, 0.25) is 10.0 Å². The van der Waals surface area contributed by atoms with E-state index < -0.39 is 26.7 Å². The maximum Gasteiger partial charge on any atom is 0.355 e. The number of rotatable bonds is 8. The average Bonchev–Trinajstić information content (AvgIpc) is 3.45. The Morgan fingerprint density at radius 3 is 2.59 bits per heavy atom. The molecule has 0 atom stereocenters. The number of primary sulfonamides is 1. The molecule has 0 saturated heterocycles. The van der Waals surface area contributed by atoms with Crippen molar-refractivity contribution in [3.63, 3.8) is 0 Å². The molecule has 7 nitrogen and oxygen atoms in total. The molecule has 0 spiro atoms. The fourth-order valence-corrected chi connectivity index (χ4v) is 6.35. The molecule has 0 radical (unpaired) electrons. The highest BCUT2D eigenvalue weighted by Gasteiger charge is 2.29.